The molecule has 0 radical (unpaired) electrons. The molecule has 1 aliphatic rings. The lowest BCUT2D eigenvalue weighted by Gasteiger charge is -2.21. The molecule has 0 spiro atoms. The highest BCUT2D eigenvalue weighted by Crippen LogP contribution is 2.27. The number of aromatic nitrogens is 1. The van der Waals surface area contributed by atoms with Gasteiger partial charge in [-0.05, 0) is 12.0 Å². The van der Waals surface area contributed by atoms with Gasteiger partial charge in [-0.3, -0.25) is 4.99 Å². The first-order valence-corrected chi connectivity index (χ1v) is 8.93. The van der Waals surface area contributed by atoms with Gasteiger partial charge in [0, 0.05) is 31.5 Å². The molecule has 6 heteroatoms. The lowest BCUT2D eigenvalue weighted by molar-refractivity contribution is 0.377. The molecule has 1 N–H and O–H groups in total. The summed E-state index contributed by atoms with van der Waals surface area (Å²) >= 11 is 0. The van der Waals surface area contributed by atoms with Gasteiger partial charge in [0.15, 0.2) is 5.96 Å². The average molecular weight is 468 g/mol. The molecule has 26 heavy (non-hydrogen) atoms. The Kier molecular flexibility index (Phi) is 7.08. The predicted molar refractivity (Wildman–Crippen MR) is 116 cm³/mol. The van der Waals surface area contributed by atoms with Gasteiger partial charge >= 0.3 is 0 Å². The summed E-state index contributed by atoms with van der Waals surface area (Å²) in [5.74, 6) is 3.08. The molecule has 1 fully saturated rings. The van der Waals surface area contributed by atoms with Crippen LogP contribution in [-0.2, 0) is 12.0 Å². The fourth-order valence-corrected chi connectivity index (χ4v) is 3.18. The zero-order chi connectivity index (χ0) is 17.9. The standard InChI is InChI=1S/C20H28N4O.HI/c1-20(2,3)17-12-22-18(25-17)13-23-19(21-4)24-11-10-16(14-24)15-8-6-5-7-9-15;/h5-9,12,16H,10-11,13-14H2,1-4H3,(H,21,23);1H. The Bertz CT molecular complexity index is 721. The molecular weight excluding hydrogens is 439 g/mol. The number of nitrogens with zero attached hydrogens (tertiary/aromatic N) is 3. The van der Waals surface area contributed by atoms with E-state index in [2.05, 4.69) is 71.3 Å². The largest absolute Gasteiger partial charge is 0.443 e. The van der Waals surface area contributed by atoms with Crippen LogP contribution in [0.4, 0.5) is 0 Å². The number of hydrogen-bond acceptors (Lipinski definition) is 3. The Hall–Kier alpha value is -1.57. The van der Waals surface area contributed by atoms with E-state index in [1.807, 2.05) is 13.2 Å². The van der Waals surface area contributed by atoms with Crippen LogP contribution in [0.2, 0.25) is 0 Å². The minimum atomic E-state index is -0.0230. The second-order valence-corrected chi connectivity index (χ2v) is 7.61. The molecule has 0 amide bonds. The number of aliphatic imine (C=N–C) groups is 1. The van der Waals surface area contributed by atoms with Crippen LogP contribution in [0.5, 0.6) is 0 Å². The molecule has 0 aliphatic carbocycles. The van der Waals surface area contributed by atoms with E-state index in [-0.39, 0.29) is 29.4 Å². The van der Waals surface area contributed by atoms with Crippen LogP contribution < -0.4 is 5.32 Å². The van der Waals surface area contributed by atoms with Crippen LogP contribution in [0.3, 0.4) is 0 Å². The molecule has 2 aromatic rings. The van der Waals surface area contributed by atoms with Gasteiger partial charge < -0.3 is 14.6 Å². The minimum Gasteiger partial charge on any atom is -0.443 e. The predicted octanol–water partition coefficient (Wildman–Crippen LogP) is 4.16. The van der Waals surface area contributed by atoms with E-state index in [1.165, 1.54) is 5.56 Å². The maximum absolute atomic E-state index is 5.85. The Morgan fingerprint density at radius 1 is 1.31 bits per heavy atom. The van der Waals surface area contributed by atoms with Crippen molar-refractivity contribution in [1.29, 1.82) is 0 Å². The normalized spacial score (nSPS) is 17.9. The molecule has 5 nitrogen and oxygen atoms in total. The maximum Gasteiger partial charge on any atom is 0.213 e. The Morgan fingerprint density at radius 2 is 2.04 bits per heavy atom. The molecule has 2 heterocycles. The van der Waals surface area contributed by atoms with Crippen molar-refractivity contribution < 1.29 is 4.42 Å². The highest BCUT2D eigenvalue weighted by Gasteiger charge is 2.26. The van der Waals surface area contributed by atoms with Crippen LogP contribution in [0.1, 0.15) is 50.3 Å². The molecular formula is C20H29IN4O. The van der Waals surface area contributed by atoms with Crippen molar-refractivity contribution >= 4 is 29.9 Å². The van der Waals surface area contributed by atoms with Crippen molar-refractivity contribution in [3.63, 3.8) is 0 Å². The molecule has 0 bridgehead atoms. The zero-order valence-electron chi connectivity index (χ0n) is 16.0. The van der Waals surface area contributed by atoms with Crippen LogP contribution >= 0.6 is 24.0 Å². The van der Waals surface area contributed by atoms with Crippen molar-refractivity contribution in [2.24, 2.45) is 4.99 Å². The number of benzene rings is 1. The highest BCUT2D eigenvalue weighted by molar-refractivity contribution is 14.0. The first-order valence-electron chi connectivity index (χ1n) is 8.93. The van der Waals surface area contributed by atoms with Gasteiger partial charge in [-0.15, -0.1) is 24.0 Å². The maximum atomic E-state index is 5.85. The molecule has 1 aliphatic heterocycles. The number of guanidine groups is 1. The van der Waals surface area contributed by atoms with Gasteiger partial charge in [-0.25, -0.2) is 4.98 Å². The summed E-state index contributed by atoms with van der Waals surface area (Å²) in [4.78, 5) is 11.1. The van der Waals surface area contributed by atoms with Gasteiger partial charge in [-0.2, -0.15) is 0 Å². The topological polar surface area (TPSA) is 53.7 Å². The van der Waals surface area contributed by atoms with Gasteiger partial charge in [0.1, 0.15) is 5.76 Å². The molecule has 1 atom stereocenters. The second-order valence-electron chi connectivity index (χ2n) is 7.61. The summed E-state index contributed by atoms with van der Waals surface area (Å²) in [6.45, 7) is 8.92. The van der Waals surface area contributed by atoms with E-state index in [1.54, 1.807) is 0 Å². The lowest BCUT2D eigenvalue weighted by Crippen LogP contribution is -2.39. The van der Waals surface area contributed by atoms with Gasteiger partial charge in [0.2, 0.25) is 5.89 Å². The third-order valence-corrected chi connectivity index (χ3v) is 4.66. The smallest absolute Gasteiger partial charge is 0.213 e. The summed E-state index contributed by atoms with van der Waals surface area (Å²) in [5, 5.41) is 3.38. The summed E-state index contributed by atoms with van der Waals surface area (Å²) in [7, 11) is 1.83. The lowest BCUT2D eigenvalue weighted by atomic mass is 9.94. The zero-order valence-corrected chi connectivity index (χ0v) is 18.4. The molecule has 1 saturated heterocycles. The van der Waals surface area contributed by atoms with Gasteiger partial charge in [0.05, 0.1) is 12.7 Å². The van der Waals surface area contributed by atoms with E-state index in [0.29, 0.717) is 18.4 Å². The first-order chi connectivity index (χ1) is 12.0. The number of halogens is 1. The Balaban J connectivity index is 0.00000243. The quantitative estimate of drug-likeness (QED) is 0.418. The summed E-state index contributed by atoms with van der Waals surface area (Å²) in [5.41, 5.74) is 1.38. The van der Waals surface area contributed by atoms with Crippen molar-refractivity contribution in [3.8, 4) is 0 Å². The molecule has 142 valence electrons. The van der Waals surface area contributed by atoms with Crippen molar-refractivity contribution in [2.45, 2.75) is 45.1 Å². The minimum absolute atomic E-state index is 0. The number of likely N-dealkylation sites (tertiary alicyclic amines) is 1. The van der Waals surface area contributed by atoms with Gasteiger partial charge in [-0.1, -0.05) is 51.1 Å². The molecule has 1 aromatic carbocycles. The van der Waals surface area contributed by atoms with Crippen LogP contribution in [0, 0.1) is 0 Å². The van der Waals surface area contributed by atoms with E-state index >= 15 is 0 Å². The highest BCUT2D eigenvalue weighted by atomic mass is 127. The number of nitrogens with one attached hydrogen (secondary N) is 1. The molecule has 0 saturated carbocycles. The second kappa shape index (κ2) is 8.88. The summed E-state index contributed by atoms with van der Waals surface area (Å²) < 4.78 is 5.85. The van der Waals surface area contributed by atoms with E-state index in [9.17, 15) is 0 Å². The number of rotatable bonds is 3. The van der Waals surface area contributed by atoms with Crippen LogP contribution in [0.15, 0.2) is 45.9 Å². The van der Waals surface area contributed by atoms with Gasteiger partial charge in [0.25, 0.3) is 0 Å². The SMILES string of the molecule is CN=C(NCc1ncc(C(C)(C)C)o1)N1CCC(c2ccccc2)C1.I. The van der Waals surface area contributed by atoms with E-state index < -0.39 is 0 Å². The Morgan fingerprint density at radius 3 is 2.65 bits per heavy atom. The molecule has 1 unspecified atom stereocenters. The fraction of sp³-hybridized carbons (Fsp3) is 0.500. The van der Waals surface area contributed by atoms with Crippen LogP contribution in [-0.4, -0.2) is 36.0 Å². The van der Waals surface area contributed by atoms with Crippen molar-refractivity contribution in [3.05, 3.63) is 53.7 Å². The third-order valence-electron chi connectivity index (χ3n) is 4.66. The summed E-state index contributed by atoms with van der Waals surface area (Å²) in [6, 6.07) is 10.7. The molecule has 3 rings (SSSR count). The monoisotopic (exact) mass is 468 g/mol. The van der Waals surface area contributed by atoms with E-state index in [4.69, 9.17) is 4.42 Å². The number of oxazole rings is 1. The van der Waals surface area contributed by atoms with E-state index in [0.717, 1.165) is 31.2 Å². The van der Waals surface area contributed by atoms with Crippen molar-refractivity contribution in [1.82, 2.24) is 15.2 Å². The van der Waals surface area contributed by atoms with Crippen molar-refractivity contribution in [2.75, 3.05) is 20.1 Å². The van der Waals surface area contributed by atoms with Crippen LogP contribution in [0.25, 0.3) is 0 Å². The third kappa shape index (κ3) is 4.99. The Labute approximate surface area is 173 Å². The number of hydrogen-bond donors (Lipinski definition) is 1. The first kappa shape index (κ1) is 20.7. The average Bonchev–Trinajstić information content (AvgIpc) is 3.25. The fourth-order valence-electron chi connectivity index (χ4n) is 3.18. The summed E-state index contributed by atoms with van der Waals surface area (Å²) in [6.07, 6.45) is 2.97. The molecule has 1 aromatic heterocycles.